The van der Waals surface area contributed by atoms with Crippen LogP contribution < -0.4 is 5.32 Å². The van der Waals surface area contributed by atoms with Crippen molar-refractivity contribution in [3.63, 3.8) is 0 Å². The van der Waals surface area contributed by atoms with Crippen molar-refractivity contribution in [1.82, 2.24) is 5.32 Å². The second-order valence-corrected chi connectivity index (χ2v) is 4.80. The van der Waals surface area contributed by atoms with E-state index in [0.717, 1.165) is 13.0 Å². The summed E-state index contributed by atoms with van der Waals surface area (Å²) in [5.74, 6) is 0. The first-order chi connectivity index (χ1) is 7.75. The third-order valence-corrected chi connectivity index (χ3v) is 3.19. The smallest absolute Gasteiger partial charge is 0.0552 e. The van der Waals surface area contributed by atoms with Gasteiger partial charge in [0.2, 0.25) is 0 Å². The van der Waals surface area contributed by atoms with Crippen LogP contribution in [0.1, 0.15) is 43.4 Å². The van der Waals surface area contributed by atoms with E-state index in [4.69, 9.17) is 0 Å². The molecule has 0 spiro atoms. The Morgan fingerprint density at radius 3 is 3.00 bits per heavy atom. The SMILES string of the molecule is CC(O)Cc1cccc(C2CCCCN2)c1. The Balaban J connectivity index is 2.08. The van der Waals surface area contributed by atoms with Crippen molar-refractivity contribution >= 4 is 0 Å². The number of rotatable bonds is 3. The second-order valence-electron chi connectivity index (χ2n) is 4.80. The molecule has 0 saturated carbocycles. The van der Waals surface area contributed by atoms with Crippen molar-refractivity contribution < 1.29 is 5.11 Å². The number of aliphatic hydroxyl groups is 1. The Kier molecular flexibility index (Phi) is 3.97. The molecule has 1 aromatic rings. The van der Waals surface area contributed by atoms with Gasteiger partial charge in [-0.2, -0.15) is 0 Å². The molecule has 2 unspecified atom stereocenters. The summed E-state index contributed by atoms with van der Waals surface area (Å²) in [6.07, 6.45) is 4.34. The van der Waals surface area contributed by atoms with E-state index in [2.05, 4.69) is 29.6 Å². The quantitative estimate of drug-likeness (QED) is 0.818. The first-order valence-electron chi connectivity index (χ1n) is 6.26. The van der Waals surface area contributed by atoms with Gasteiger partial charge in [0.25, 0.3) is 0 Å². The number of aliphatic hydroxyl groups excluding tert-OH is 1. The van der Waals surface area contributed by atoms with Gasteiger partial charge in [0, 0.05) is 6.04 Å². The van der Waals surface area contributed by atoms with E-state index in [9.17, 15) is 5.11 Å². The minimum absolute atomic E-state index is 0.255. The van der Waals surface area contributed by atoms with Gasteiger partial charge in [0.1, 0.15) is 0 Å². The molecule has 2 rings (SSSR count). The lowest BCUT2D eigenvalue weighted by atomic mass is 9.95. The maximum Gasteiger partial charge on any atom is 0.0552 e. The van der Waals surface area contributed by atoms with Crippen LogP contribution in [0.4, 0.5) is 0 Å². The molecule has 0 amide bonds. The van der Waals surface area contributed by atoms with Crippen LogP contribution in [0.5, 0.6) is 0 Å². The first-order valence-corrected chi connectivity index (χ1v) is 6.26. The predicted octanol–water partition coefficient (Wildman–Crippen LogP) is 2.42. The summed E-state index contributed by atoms with van der Waals surface area (Å²) in [5, 5.41) is 12.9. The van der Waals surface area contributed by atoms with Gasteiger partial charge in [0.05, 0.1) is 6.10 Å². The molecular formula is C14H21NO. The summed E-state index contributed by atoms with van der Waals surface area (Å²) >= 11 is 0. The summed E-state index contributed by atoms with van der Waals surface area (Å²) in [6, 6.07) is 9.13. The maximum atomic E-state index is 9.39. The Morgan fingerprint density at radius 2 is 2.31 bits per heavy atom. The van der Waals surface area contributed by atoms with E-state index in [0.29, 0.717) is 6.04 Å². The van der Waals surface area contributed by atoms with Crippen LogP contribution in [0.3, 0.4) is 0 Å². The van der Waals surface area contributed by atoms with Gasteiger partial charge in [-0.15, -0.1) is 0 Å². The van der Waals surface area contributed by atoms with Crippen LogP contribution in [0, 0.1) is 0 Å². The normalized spacial score (nSPS) is 23.0. The molecule has 1 fully saturated rings. The molecule has 1 saturated heterocycles. The van der Waals surface area contributed by atoms with Gasteiger partial charge < -0.3 is 10.4 Å². The van der Waals surface area contributed by atoms with E-state index in [1.165, 1.54) is 30.4 Å². The molecule has 2 atom stereocenters. The molecule has 1 aromatic carbocycles. The minimum atomic E-state index is -0.255. The van der Waals surface area contributed by atoms with Crippen molar-refractivity contribution in [2.24, 2.45) is 0 Å². The third kappa shape index (κ3) is 3.06. The monoisotopic (exact) mass is 219 g/mol. The number of hydrogen-bond acceptors (Lipinski definition) is 2. The Morgan fingerprint density at radius 1 is 1.44 bits per heavy atom. The van der Waals surface area contributed by atoms with Crippen LogP contribution in [-0.2, 0) is 6.42 Å². The Labute approximate surface area is 97.7 Å². The molecule has 2 N–H and O–H groups in total. The van der Waals surface area contributed by atoms with E-state index < -0.39 is 0 Å². The fourth-order valence-electron chi connectivity index (χ4n) is 2.41. The molecule has 0 aromatic heterocycles. The lowest BCUT2D eigenvalue weighted by Crippen LogP contribution is -2.26. The summed E-state index contributed by atoms with van der Waals surface area (Å²) in [6.45, 7) is 2.97. The molecule has 0 bridgehead atoms. The van der Waals surface area contributed by atoms with Crippen molar-refractivity contribution in [3.05, 3.63) is 35.4 Å². The highest BCUT2D eigenvalue weighted by molar-refractivity contribution is 5.26. The summed E-state index contributed by atoms with van der Waals surface area (Å²) in [5.41, 5.74) is 2.61. The molecule has 0 radical (unpaired) electrons. The van der Waals surface area contributed by atoms with Gasteiger partial charge in [0.15, 0.2) is 0 Å². The van der Waals surface area contributed by atoms with Crippen LogP contribution in [0.15, 0.2) is 24.3 Å². The lowest BCUT2D eigenvalue weighted by molar-refractivity contribution is 0.195. The van der Waals surface area contributed by atoms with E-state index in [-0.39, 0.29) is 6.10 Å². The molecule has 1 aliphatic heterocycles. The average Bonchev–Trinajstić information content (AvgIpc) is 2.30. The highest BCUT2D eigenvalue weighted by atomic mass is 16.3. The van der Waals surface area contributed by atoms with E-state index in [1.807, 2.05) is 6.92 Å². The standard InChI is InChI=1S/C14H21NO/c1-11(16)9-12-5-4-6-13(10-12)14-7-2-3-8-15-14/h4-6,10-11,14-16H,2-3,7-9H2,1H3. The van der Waals surface area contributed by atoms with Gasteiger partial charge in [-0.3, -0.25) is 0 Å². The first kappa shape index (κ1) is 11.6. The molecule has 16 heavy (non-hydrogen) atoms. The third-order valence-electron chi connectivity index (χ3n) is 3.19. The molecule has 2 nitrogen and oxygen atoms in total. The van der Waals surface area contributed by atoms with Gasteiger partial charge in [-0.25, -0.2) is 0 Å². The maximum absolute atomic E-state index is 9.39. The zero-order valence-corrected chi connectivity index (χ0v) is 9.95. The van der Waals surface area contributed by atoms with Gasteiger partial charge in [-0.1, -0.05) is 30.7 Å². The Bertz CT molecular complexity index is 329. The number of hydrogen-bond donors (Lipinski definition) is 2. The van der Waals surface area contributed by atoms with Crippen molar-refractivity contribution in [2.75, 3.05) is 6.54 Å². The van der Waals surface area contributed by atoms with Crippen molar-refractivity contribution in [3.8, 4) is 0 Å². The molecule has 1 aliphatic rings. The second kappa shape index (κ2) is 5.46. The zero-order chi connectivity index (χ0) is 11.4. The fraction of sp³-hybridized carbons (Fsp3) is 0.571. The molecule has 2 heteroatoms. The minimum Gasteiger partial charge on any atom is -0.393 e. The largest absolute Gasteiger partial charge is 0.393 e. The summed E-state index contributed by atoms with van der Waals surface area (Å²) < 4.78 is 0. The molecular weight excluding hydrogens is 198 g/mol. The average molecular weight is 219 g/mol. The van der Waals surface area contributed by atoms with Gasteiger partial charge >= 0.3 is 0 Å². The highest BCUT2D eigenvalue weighted by Gasteiger charge is 2.14. The predicted molar refractivity (Wildman–Crippen MR) is 66.4 cm³/mol. The summed E-state index contributed by atoms with van der Waals surface area (Å²) in [7, 11) is 0. The topological polar surface area (TPSA) is 32.3 Å². The summed E-state index contributed by atoms with van der Waals surface area (Å²) in [4.78, 5) is 0. The van der Waals surface area contributed by atoms with Crippen LogP contribution in [0.2, 0.25) is 0 Å². The van der Waals surface area contributed by atoms with Crippen LogP contribution in [-0.4, -0.2) is 17.8 Å². The number of piperidine rings is 1. The van der Waals surface area contributed by atoms with Gasteiger partial charge in [-0.05, 0) is 43.9 Å². The highest BCUT2D eigenvalue weighted by Crippen LogP contribution is 2.23. The van der Waals surface area contributed by atoms with E-state index >= 15 is 0 Å². The molecule has 0 aliphatic carbocycles. The van der Waals surface area contributed by atoms with E-state index in [1.54, 1.807) is 0 Å². The van der Waals surface area contributed by atoms with Crippen LogP contribution in [0.25, 0.3) is 0 Å². The molecule has 88 valence electrons. The van der Waals surface area contributed by atoms with Crippen molar-refractivity contribution in [2.45, 2.75) is 44.8 Å². The number of benzene rings is 1. The van der Waals surface area contributed by atoms with Crippen LogP contribution >= 0.6 is 0 Å². The Hall–Kier alpha value is -0.860. The molecule has 1 heterocycles. The number of nitrogens with one attached hydrogen (secondary N) is 1. The zero-order valence-electron chi connectivity index (χ0n) is 9.95. The van der Waals surface area contributed by atoms with Crippen molar-refractivity contribution in [1.29, 1.82) is 0 Å². The lowest BCUT2D eigenvalue weighted by Gasteiger charge is -2.24. The fourth-order valence-corrected chi connectivity index (χ4v) is 2.41.